The van der Waals surface area contributed by atoms with E-state index in [-0.39, 0.29) is 11.3 Å². The molecule has 20 heavy (non-hydrogen) atoms. The summed E-state index contributed by atoms with van der Waals surface area (Å²) < 4.78 is 63.4. The van der Waals surface area contributed by atoms with E-state index in [4.69, 9.17) is 5.11 Å². The van der Waals surface area contributed by atoms with Gasteiger partial charge >= 0.3 is 24.0 Å². The molecule has 1 heterocycles. The van der Waals surface area contributed by atoms with Crippen molar-refractivity contribution in [2.45, 2.75) is 37.0 Å². The monoisotopic (exact) mass is 305 g/mol. The molecule has 1 aliphatic heterocycles. The van der Waals surface area contributed by atoms with Crippen LogP contribution in [-0.2, 0) is 9.59 Å². The molecule has 0 spiro atoms. The SMILES string of the molecule is O=C(N1CCCC(O)(C(F)(F)C(=O)O)CC1)C(F)(F)F. The number of carboxylic acid groups (broad SMARTS) is 1. The number of rotatable bonds is 2. The Morgan fingerprint density at radius 2 is 1.60 bits per heavy atom. The number of amides is 1. The maximum Gasteiger partial charge on any atom is 0.471 e. The first-order valence-corrected chi connectivity index (χ1v) is 5.61. The van der Waals surface area contributed by atoms with Gasteiger partial charge in [0.15, 0.2) is 0 Å². The standard InChI is InChI=1S/C10H12F5NO4/c11-9(12,7(18)19)8(20)2-1-4-16(5-3-8)6(17)10(13,14)15/h20H,1-5H2,(H,18,19). The molecule has 0 radical (unpaired) electrons. The topological polar surface area (TPSA) is 77.8 Å². The second-order valence-electron chi connectivity index (χ2n) is 4.55. The minimum atomic E-state index is -5.14. The molecule has 2 N–H and O–H groups in total. The van der Waals surface area contributed by atoms with Crippen LogP contribution < -0.4 is 0 Å². The molecule has 1 aliphatic rings. The molecule has 116 valence electrons. The molecular weight excluding hydrogens is 293 g/mol. The van der Waals surface area contributed by atoms with Gasteiger partial charge in [0.1, 0.15) is 5.60 Å². The number of carboxylic acids is 1. The van der Waals surface area contributed by atoms with Crippen LogP contribution in [0.5, 0.6) is 0 Å². The average Bonchev–Trinajstić information content (AvgIpc) is 2.50. The minimum absolute atomic E-state index is 0.288. The summed E-state index contributed by atoms with van der Waals surface area (Å²) in [4.78, 5) is 21.7. The van der Waals surface area contributed by atoms with Crippen LogP contribution in [0, 0.1) is 0 Å². The number of aliphatic carboxylic acids is 1. The van der Waals surface area contributed by atoms with Gasteiger partial charge in [0.25, 0.3) is 0 Å². The molecular formula is C10H12F5NO4. The number of hydrogen-bond donors (Lipinski definition) is 2. The fourth-order valence-electron chi connectivity index (χ4n) is 2.01. The molecule has 10 heteroatoms. The van der Waals surface area contributed by atoms with Gasteiger partial charge in [-0.1, -0.05) is 0 Å². The Balaban J connectivity index is 2.88. The fourth-order valence-corrected chi connectivity index (χ4v) is 2.01. The molecule has 0 aliphatic carbocycles. The number of hydrogen-bond acceptors (Lipinski definition) is 3. The van der Waals surface area contributed by atoms with E-state index in [2.05, 4.69) is 0 Å². The predicted molar refractivity (Wildman–Crippen MR) is 54.0 cm³/mol. The Labute approximate surface area is 110 Å². The highest BCUT2D eigenvalue weighted by Crippen LogP contribution is 2.38. The van der Waals surface area contributed by atoms with Crippen LogP contribution in [-0.4, -0.2) is 57.8 Å². The van der Waals surface area contributed by atoms with Gasteiger partial charge in [-0.25, -0.2) is 4.79 Å². The molecule has 1 fully saturated rings. The van der Waals surface area contributed by atoms with E-state index in [0.717, 1.165) is 0 Å². The van der Waals surface area contributed by atoms with Crippen LogP contribution in [0.2, 0.25) is 0 Å². The summed E-state index contributed by atoms with van der Waals surface area (Å²) in [6, 6.07) is 0. The van der Waals surface area contributed by atoms with E-state index in [1.54, 1.807) is 0 Å². The van der Waals surface area contributed by atoms with Gasteiger partial charge in [0.05, 0.1) is 0 Å². The molecule has 1 saturated heterocycles. The van der Waals surface area contributed by atoms with E-state index < -0.39 is 55.5 Å². The second-order valence-corrected chi connectivity index (χ2v) is 4.55. The highest BCUT2D eigenvalue weighted by Gasteiger charge is 2.59. The van der Waals surface area contributed by atoms with Gasteiger partial charge in [0, 0.05) is 19.5 Å². The lowest BCUT2D eigenvalue weighted by atomic mass is 9.88. The van der Waals surface area contributed by atoms with Crippen LogP contribution >= 0.6 is 0 Å². The summed E-state index contributed by atoms with van der Waals surface area (Å²) in [6.45, 7) is -1.27. The van der Waals surface area contributed by atoms with Crippen molar-refractivity contribution in [2.24, 2.45) is 0 Å². The van der Waals surface area contributed by atoms with Gasteiger partial charge < -0.3 is 15.1 Å². The normalized spacial score (nSPS) is 25.2. The summed E-state index contributed by atoms with van der Waals surface area (Å²) in [7, 11) is 0. The molecule has 0 aromatic heterocycles. The Morgan fingerprint density at radius 3 is 2.05 bits per heavy atom. The summed E-state index contributed by atoms with van der Waals surface area (Å²) in [5.41, 5.74) is -2.97. The smallest absolute Gasteiger partial charge is 0.471 e. The van der Waals surface area contributed by atoms with Crippen molar-refractivity contribution in [3.05, 3.63) is 0 Å². The Bertz CT molecular complexity index is 411. The number of nitrogens with zero attached hydrogens (tertiary/aromatic N) is 1. The Kier molecular flexibility index (Phi) is 4.28. The zero-order chi connectivity index (χ0) is 15.8. The number of carbonyl (C=O) groups is 2. The lowest BCUT2D eigenvalue weighted by Crippen LogP contribution is -2.54. The molecule has 0 aromatic rings. The van der Waals surface area contributed by atoms with E-state index in [9.17, 15) is 36.6 Å². The fraction of sp³-hybridized carbons (Fsp3) is 0.800. The third kappa shape index (κ3) is 3.00. The molecule has 5 nitrogen and oxygen atoms in total. The number of likely N-dealkylation sites (tertiary alicyclic amines) is 1. The number of aliphatic hydroxyl groups is 1. The lowest BCUT2D eigenvalue weighted by Gasteiger charge is -2.32. The van der Waals surface area contributed by atoms with Gasteiger partial charge in [-0.3, -0.25) is 4.79 Å². The zero-order valence-corrected chi connectivity index (χ0v) is 10.1. The molecule has 0 bridgehead atoms. The van der Waals surface area contributed by atoms with Gasteiger partial charge in [-0.2, -0.15) is 22.0 Å². The van der Waals surface area contributed by atoms with Gasteiger partial charge in [-0.15, -0.1) is 0 Å². The maximum atomic E-state index is 13.4. The van der Waals surface area contributed by atoms with Crippen molar-refractivity contribution in [1.82, 2.24) is 4.90 Å². The van der Waals surface area contributed by atoms with Crippen LogP contribution in [0.15, 0.2) is 0 Å². The zero-order valence-electron chi connectivity index (χ0n) is 10.1. The number of alkyl halides is 5. The maximum absolute atomic E-state index is 13.4. The number of halogens is 5. The summed E-state index contributed by atoms with van der Waals surface area (Å²) in [5, 5.41) is 18.1. The third-order valence-electron chi connectivity index (χ3n) is 3.20. The van der Waals surface area contributed by atoms with Gasteiger partial charge in [-0.05, 0) is 12.8 Å². The molecule has 1 rings (SSSR count). The highest BCUT2D eigenvalue weighted by atomic mass is 19.4. The van der Waals surface area contributed by atoms with Crippen molar-refractivity contribution < 1.29 is 41.8 Å². The summed E-state index contributed by atoms with van der Waals surface area (Å²) in [5.74, 6) is -9.25. The molecule has 1 unspecified atom stereocenters. The van der Waals surface area contributed by atoms with Crippen LogP contribution in [0.3, 0.4) is 0 Å². The van der Waals surface area contributed by atoms with E-state index in [0.29, 0.717) is 0 Å². The average molecular weight is 305 g/mol. The van der Waals surface area contributed by atoms with Crippen LogP contribution in [0.4, 0.5) is 22.0 Å². The largest absolute Gasteiger partial charge is 0.477 e. The van der Waals surface area contributed by atoms with Crippen molar-refractivity contribution in [2.75, 3.05) is 13.1 Å². The second kappa shape index (κ2) is 5.15. The van der Waals surface area contributed by atoms with Gasteiger partial charge in [0.2, 0.25) is 0 Å². The molecule has 1 amide bonds. The van der Waals surface area contributed by atoms with E-state index >= 15 is 0 Å². The highest BCUT2D eigenvalue weighted by molar-refractivity contribution is 5.82. The lowest BCUT2D eigenvalue weighted by molar-refractivity contribution is -0.211. The van der Waals surface area contributed by atoms with Crippen molar-refractivity contribution in [1.29, 1.82) is 0 Å². The summed E-state index contributed by atoms with van der Waals surface area (Å²) >= 11 is 0. The van der Waals surface area contributed by atoms with Crippen molar-refractivity contribution in [3.63, 3.8) is 0 Å². The van der Waals surface area contributed by atoms with Crippen molar-refractivity contribution >= 4 is 11.9 Å². The Hall–Kier alpha value is -1.45. The summed E-state index contributed by atoms with van der Waals surface area (Å²) in [6.07, 6.45) is -7.17. The van der Waals surface area contributed by atoms with E-state index in [1.807, 2.05) is 0 Å². The quantitative estimate of drug-likeness (QED) is 0.747. The minimum Gasteiger partial charge on any atom is -0.477 e. The molecule has 1 atom stereocenters. The molecule has 0 saturated carbocycles. The molecule has 0 aromatic carbocycles. The number of carbonyl (C=O) groups excluding carboxylic acids is 1. The Morgan fingerprint density at radius 1 is 1.05 bits per heavy atom. The van der Waals surface area contributed by atoms with Crippen molar-refractivity contribution in [3.8, 4) is 0 Å². The first kappa shape index (κ1) is 16.6. The van der Waals surface area contributed by atoms with E-state index in [1.165, 1.54) is 0 Å². The predicted octanol–water partition coefficient (Wildman–Crippen LogP) is 1.01. The third-order valence-corrected chi connectivity index (χ3v) is 3.20. The van der Waals surface area contributed by atoms with Crippen LogP contribution in [0.1, 0.15) is 19.3 Å². The first-order valence-electron chi connectivity index (χ1n) is 5.61. The first-order chi connectivity index (χ1) is 8.92. The van der Waals surface area contributed by atoms with Crippen LogP contribution in [0.25, 0.3) is 0 Å².